The summed E-state index contributed by atoms with van der Waals surface area (Å²) in [6, 6.07) is 3.52. The first kappa shape index (κ1) is 20.7. The van der Waals surface area contributed by atoms with Gasteiger partial charge in [-0.05, 0) is 28.1 Å². The number of sulfonamides is 1. The van der Waals surface area contributed by atoms with Crippen molar-refractivity contribution >= 4 is 31.6 Å². The molecule has 1 fully saturated rings. The molecular formula is C16H16BrFN4O5S. The molecule has 0 amide bonds. The number of halogens is 2. The number of hydrogen-bond donors (Lipinski definition) is 2. The third-order valence-corrected chi connectivity index (χ3v) is 7.21. The Balaban J connectivity index is 1.90. The van der Waals surface area contributed by atoms with E-state index in [1.165, 1.54) is 30.1 Å². The van der Waals surface area contributed by atoms with Crippen molar-refractivity contribution in [3.05, 3.63) is 46.1 Å². The largest absolute Gasteiger partial charge is 0.486 e. The molecule has 1 aliphatic rings. The molecule has 1 aromatic carbocycles. The molecule has 0 bridgehead atoms. The van der Waals surface area contributed by atoms with E-state index in [0.717, 1.165) is 10.4 Å². The Morgan fingerprint density at radius 1 is 1.54 bits per heavy atom. The highest BCUT2D eigenvalue weighted by Crippen LogP contribution is 2.33. The van der Waals surface area contributed by atoms with E-state index >= 15 is 0 Å². The van der Waals surface area contributed by atoms with Gasteiger partial charge >= 0.3 is 0 Å². The molecule has 2 atom stereocenters. The average Bonchev–Trinajstić information content (AvgIpc) is 3.16. The number of nitrogens with zero attached hydrogens (tertiary/aromatic N) is 4. The average molecular weight is 475 g/mol. The molecule has 0 radical (unpaired) electrons. The highest BCUT2D eigenvalue weighted by Gasteiger charge is 2.51. The predicted octanol–water partition coefficient (Wildman–Crippen LogP) is 1.05. The Bertz CT molecular complexity index is 1030. The summed E-state index contributed by atoms with van der Waals surface area (Å²) in [6.07, 6.45) is 0.175. The number of aliphatic hydroxyl groups excluding tert-OH is 1. The number of benzene rings is 1. The van der Waals surface area contributed by atoms with Crippen molar-refractivity contribution in [2.45, 2.75) is 16.7 Å². The van der Waals surface area contributed by atoms with Crippen molar-refractivity contribution < 1.29 is 27.8 Å². The summed E-state index contributed by atoms with van der Waals surface area (Å²) in [5.41, 5.74) is -2.09. The molecule has 2 N–H and O–H groups in total. The second kappa shape index (κ2) is 7.41. The second-order valence-corrected chi connectivity index (χ2v) is 9.02. The summed E-state index contributed by atoms with van der Waals surface area (Å²) in [5.74, 6) is -0.802. The van der Waals surface area contributed by atoms with E-state index in [0.29, 0.717) is 0 Å². The van der Waals surface area contributed by atoms with E-state index < -0.39 is 40.7 Å². The molecule has 2 heterocycles. The van der Waals surface area contributed by atoms with Crippen LogP contribution in [0.1, 0.15) is 0 Å². The van der Waals surface area contributed by atoms with Gasteiger partial charge in [0.2, 0.25) is 5.69 Å². The minimum absolute atomic E-state index is 0.00253. The summed E-state index contributed by atoms with van der Waals surface area (Å²) in [4.78, 5) is 3.01. The maximum atomic E-state index is 13.8. The minimum atomic E-state index is -4.06. The number of aryl methyl sites for hydroxylation is 1. The fourth-order valence-corrected chi connectivity index (χ4v) is 5.55. The minimum Gasteiger partial charge on any atom is -0.486 e. The molecule has 12 heteroatoms. The van der Waals surface area contributed by atoms with Gasteiger partial charge in [-0.15, -0.1) is 0 Å². The third kappa shape index (κ3) is 3.51. The lowest BCUT2D eigenvalue weighted by molar-refractivity contribution is -0.0641. The smallest absolute Gasteiger partial charge is 0.261 e. The zero-order chi connectivity index (χ0) is 20.7. The summed E-state index contributed by atoms with van der Waals surface area (Å²) in [5, 5.41) is 24.1. The molecule has 3 rings (SSSR count). The number of β-amino-alcohol motifs (C(OH)–C–C–N with tert-alkyl or cyclic N) is 1. The Kier molecular flexibility index (Phi) is 5.48. The summed E-state index contributed by atoms with van der Waals surface area (Å²) in [7, 11) is -2.60. The normalized spacial score (nSPS) is 22.9. The first-order valence-electron chi connectivity index (χ1n) is 7.97. The van der Waals surface area contributed by atoms with Gasteiger partial charge in [-0.2, -0.15) is 9.40 Å². The van der Waals surface area contributed by atoms with Gasteiger partial charge in [0, 0.05) is 19.7 Å². The van der Waals surface area contributed by atoms with E-state index in [2.05, 4.69) is 25.9 Å². The van der Waals surface area contributed by atoms with E-state index in [-0.39, 0.29) is 27.5 Å². The molecular weight excluding hydrogens is 459 g/mol. The summed E-state index contributed by atoms with van der Waals surface area (Å²) < 4.78 is 47.7. The van der Waals surface area contributed by atoms with E-state index in [4.69, 9.17) is 11.3 Å². The van der Waals surface area contributed by atoms with Crippen LogP contribution in [-0.2, 0) is 17.1 Å². The zero-order valence-electron chi connectivity index (χ0n) is 14.6. The number of aromatic nitrogens is 2. The van der Waals surface area contributed by atoms with Crippen LogP contribution in [0.25, 0.3) is 4.85 Å². The molecule has 0 aliphatic carbocycles. The molecule has 1 saturated heterocycles. The maximum absolute atomic E-state index is 13.8. The van der Waals surface area contributed by atoms with Crippen LogP contribution in [0.4, 0.5) is 10.1 Å². The van der Waals surface area contributed by atoms with Gasteiger partial charge in [0.1, 0.15) is 23.3 Å². The molecule has 0 saturated carbocycles. The van der Waals surface area contributed by atoms with Gasteiger partial charge in [0.15, 0.2) is 5.03 Å². The predicted molar refractivity (Wildman–Crippen MR) is 98.8 cm³/mol. The van der Waals surface area contributed by atoms with Crippen molar-refractivity contribution in [3.63, 3.8) is 0 Å². The van der Waals surface area contributed by atoms with E-state index in [9.17, 15) is 23.0 Å². The van der Waals surface area contributed by atoms with Gasteiger partial charge in [0.05, 0.1) is 30.4 Å². The van der Waals surface area contributed by atoms with Gasteiger partial charge in [-0.1, -0.05) is 0 Å². The van der Waals surface area contributed by atoms with Gasteiger partial charge in [-0.25, -0.2) is 17.7 Å². The summed E-state index contributed by atoms with van der Waals surface area (Å²) >= 11 is 3.14. The molecule has 150 valence electrons. The highest BCUT2D eigenvalue weighted by molar-refractivity contribution is 9.10. The molecule has 28 heavy (non-hydrogen) atoms. The van der Waals surface area contributed by atoms with Crippen LogP contribution < -0.4 is 4.74 Å². The molecule has 2 aromatic rings. The van der Waals surface area contributed by atoms with Crippen LogP contribution in [0.3, 0.4) is 0 Å². The van der Waals surface area contributed by atoms with E-state index in [1.807, 2.05) is 0 Å². The van der Waals surface area contributed by atoms with Gasteiger partial charge in [0.25, 0.3) is 10.0 Å². The fraction of sp³-hybridized carbons (Fsp3) is 0.375. The van der Waals surface area contributed by atoms with Crippen LogP contribution in [-0.4, -0.2) is 64.1 Å². The third-order valence-electron chi connectivity index (χ3n) is 4.44. The van der Waals surface area contributed by atoms with Crippen molar-refractivity contribution in [2.24, 2.45) is 7.05 Å². The number of rotatable bonds is 5. The maximum Gasteiger partial charge on any atom is 0.261 e. The molecule has 1 aliphatic heterocycles. The van der Waals surface area contributed by atoms with E-state index in [1.54, 1.807) is 0 Å². The molecule has 0 spiro atoms. The quantitative estimate of drug-likeness (QED) is 0.626. The number of hydrogen-bond acceptors (Lipinski definition) is 6. The van der Waals surface area contributed by atoms with Crippen molar-refractivity contribution in [3.8, 4) is 5.75 Å². The van der Waals surface area contributed by atoms with Crippen LogP contribution in [0, 0.1) is 12.4 Å². The van der Waals surface area contributed by atoms with Crippen LogP contribution in [0.15, 0.2) is 33.9 Å². The Morgan fingerprint density at radius 2 is 2.25 bits per heavy atom. The lowest BCUT2D eigenvalue weighted by atomic mass is 10.0. The lowest BCUT2D eigenvalue weighted by Crippen LogP contribution is -2.48. The zero-order valence-corrected chi connectivity index (χ0v) is 17.0. The molecule has 9 nitrogen and oxygen atoms in total. The Labute approximate surface area is 169 Å². The topological polar surface area (TPSA) is 109 Å². The standard InChI is InChI=1S/C16H16BrFN4O5S/c1-19-13-4-3-10(5-12(13)18)27-14-7-22(8-16(14,24)9-23)28(25,26)15-11(17)6-20-21(15)2/h3-6,14,23-24H,7-9H2,2H3/t14-,16+/m0/s1. The monoisotopic (exact) mass is 474 g/mol. The van der Waals surface area contributed by atoms with Crippen LogP contribution in [0.5, 0.6) is 5.75 Å². The first-order valence-corrected chi connectivity index (χ1v) is 10.2. The first-order chi connectivity index (χ1) is 13.1. The van der Waals surface area contributed by atoms with Gasteiger partial charge < -0.3 is 14.9 Å². The fourth-order valence-electron chi connectivity index (χ4n) is 2.94. The highest BCUT2D eigenvalue weighted by atomic mass is 79.9. The van der Waals surface area contributed by atoms with Crippen molar-refractivity contribution in [1.29, 1.82) is 0 Å². The summed E-state index contributed by atoms with van der Waals surface area (Å²) in [6.45, 7) is 5.40. The number of aliphatic hydroxyl groups is 2. The second-order valence-electron chi connectivity index (χ2n) is 6.31. The number of ether oxygens (including phenoxy) is 1. The van der Waals surface area contributed by atoms with Crippen molar-refractivity contribution in [2.75, 3.05) is 19.7 Å². The lowest BCUT2D eigenvalue weighted by Gasteiger charge is -2.27. The SMILES string of the molecule is [C-]#[N+]c1ccc(O[C@H]2CN(S(=O)(=O)c3c(Br)cnn3C)C[C@@]2(O)CO)cc1F. The molecule has 1 aromatic heterocycles. The molecule has 0 unspecified atom stereocenters. The van der Waals surface area contributed by atoms with Crippen LogP contribution >= 0.6 is 15.9 Å². The Morgan fingerprint density at radius 3 is 2.79 bits per heavy atom. The Hall–Kier alpha value is -2.04. The van der Waals surface area contributed by atoms with Crippen molar-refractivity contribution in [1.82, 2.24) is 14.1 Å². The van der Waals surface area contributed by atoms with Crippen LogP contribution in [0.2, 0.25) is 0 Å². The van der Waals surface area contributed by atoms with Gasteiger partial charge in [-0.3, -0.25) is 4.68 Å².